The van der Waals surface area contributed by atoms with Gasteiger partial charge in [0.25, 0.3) is 0 Å². The van der Waals surface area contributed by atoms with Crippen LogP contribution >= 0.6 is 0 Å². The van der Waals surface area contributed by atoms with Gasteiger partial charge in [-0.05, 0) is 37.3 Å². The van der Waals surface area contributed by atoms with Crippen molar-refractivity contribution in [1.82, 2.24) is 4.98 Å². The van der Waals surface area contributed by atoms with Crippen LogP contribution < -0.4 is 0 Å². The molecule has 1 aliphatic rings. The van der Waals surface area contributed by atoms with E-state index in [0.29, 0.717) is 0 Å². The van der Waals surface area contributed by atoms with Gasteiger partial charge in [-0.1, -0.05) is 59.4 Å². The predicted molar refractivity (Wildman–Crippen MR) is 81.9 cm³/mol. The third kappa shape index (κ3) is 8.27. The molecule has 1 aliphatic carbocycles. The van der Waals surface area contributed by atoms with Crippen LogP contribution in [0.3, 0.4) is 0 Å². The first-order valence-corrected chi connectivity index (χ1v) is 7.47. The molecule has 18 heavy (non-hydrogen) atoms. The van der Waals surface area contributed by atoms with E-state index in [0.717, 1.165) is 17.5 Å². The second-order valence-corrected chi connectivity index (χ2v) is 5.34. The Hall–Kier alpha value is -0.850. The highest BCUT2D eigenvalue weighted by Gasteiger charge is 2.13. The zero-order valence-electron chi connectivity index (χ0n) is 13.2. The molecule has 0 aromatic carbocycles. The van der Waals surface area contributed by atoms with Crippen molar-refractivity contribution in [2.75, 3.05) is 0 Å². The zero-order valence-corrected chi connectivity index (χ0v) is 13.2. The molecule has 1 heteroatoms. The smallest absolute Gasteiger partial charge is 0.0372 e. The van der Waals surface area contributed by atoms with Gasteiger partial charge in [0, 0.05) is 11.9 Å². The summed E-state index contributed by atoms with van der Waals surface area (Å²) < 4.78 is 0. The molecule has 0 unspecified atom stereocenters. The molecule has 0 atom stereocenters. The van der Waals surface area contributed by atoms with Crippen molar-refractivity contribution in [1.29, 1.82) is 0 Å². The normalized spacial score (nSPS) is 22.1. The minimum Gasteiger partial charge on any atom is -0.261 e. The van der Waals surface area contributed by atoms with E-state index in [9.17, 15) is 0 Å². The van der Waals surface area contributed by atoms with Gasteiger partial charge in [0.05, 0.1) is 0 Å². The molecule has 1 aromatic heterocycles. The molecule has 1 nitrogen and oxygen atoms in total. The molecule has 0 amide bonds. The van der Waals surface area contributed by atoms with Crippen LogP contribution in [0.1, 0.15) is 64.6 Å². The number of pyridine rings is 1. The van der Waals surface area contributed by atoms with E-state index in [1.165, 1.54) is 31.2 Å². The molecule has 0 saturated heterocycles. The van der Waals surface area contributed by atoms with E-state index in [4.69, 9.17) is 0 Å². The van der Waals surface area contributed by atoms with E-state index in [2.05, 4.69) is 24.9 Å². The lowest BCUT2D eigenvalue weighted by atomic mass is 9.84. The standard InChI is InChI=1S/C8H16.C7H9N.C2H6/c1-7-3-5-8(2)6-4-7;1-6-3-4-7(2)8-5-6;1-2/h7-8H,3-6H2,1-2H3;3-5H,1-2H3;1-2H3. The van der Waals surface area contributed by atoms with E-state index in [1.807, 2.05) is 40.0 Å². The molecule has 0 aliphatic heterocycles. The summed E-state index contributed by atoms with van der Waals surface area (Å²) in [5.74, 6) is 2.04. The van der Waals surface area contributed by atoms with Crippen molar-refractivity contribution in [3.05, 3.63) is 29.6 Å². The molecule has 1 heterocycles. The van der Waals surface area contributed by atoms with Gasteiger partial charge in [0.15, 0.2) is 0 Å². The van der Waals surface area contributed by atoms with E-state index < -0.39 is 0 Å². The number of aryl methyl sites for hydroxylation is 2. The quantitative estimate of drug-likeness (QED) is 0.587. The molecule has 0 spiro atoms. The van der Waals surface area contributed by atoms with Crippen molar-refractivity contribution in [2.24, 2.45) is 11.8 Å². The number of hydrogen-bond acceptors (Lipinski definition) is 1. The summed E-state index contributed by atoms with van der Waals surface area (Å²) in [6.07, 6.45) is 7.76. The summed E-state index contributed by atoms with van der Waals surface area (Å²) in [4.78, 5) is 4.08. The minimum absolute atomic E-state index is 1.02. The van der Waals surface area contributed by atoms with Crippen LogP contribution in [0.2, 0.25) is 0 Å². The summed E-state index contributed by atoms with van der Waals surface area (Å²) in [6, 6.07) is 4.07. The summed E-state index contributed by atoms with van der Waals surface area (Å²) in [7, 11) is 0. The van der Waals surface area contributed by atoms with Gasteiger partial charge in [-0.3, -0.25) is 4.98 Å². The van der Waals surface area contributed by atoms with Gasteiger partial charge >= 0.3 is 0 Å². The average molecular weight is 249 g/mol. The Morgan fingerprint density at radius 2 is 1.33 bits per heavy atom. The number of aromatic nitrogens is 1. The Kier molecular flexibility index (Phi) is 9.63. The van der Waals surface area contributed by atoms with Crippen LogP contribution in [0.25, 0.3) is 0 Å². The zero-order chi connectivity index (χ0) is 14.0. The maximum Gasteiger partial charge on any atom is 0.0372 e. The fraction of sp³-hybridized carbons (Fsp3) is 0.706. The van der Waals surface area contributed by atoms with Crippen LogP contribution in [-0.4, -0.2) is 4.98 Å². The monoisotopic (exact) mass is 249 g/mol. The first kappa shape index (κ1) is 17.2. The van der Waals surface area contributed by atoms with Crippen LogP contribution in [0.15, 0.2) is 18.3 Å². The van der Waals surface area contributed by atoms with Crippen molar-refractivity contribution >= 4 is 0 Å². The molecule has 2 rings (SSSR count). The Morgan fingerprint density at radius 3 is 1.61 bits per heavy atom. The first-order valence-electron chi connectivity index (χ1n) is 7.47. The van der Waals surface area contributed by atoms with Crippen molar-refractivity contribution in [3.8, 4) is 0 Å². The molecule has 1 fully saturated rings. The summed E-state index contributed by atoms with van der Waals surface area (Å²) in [5, 5.41) is 0. The van der Waals surface area contributed by atoms with Crippen LogP contribution in [0, 0.1) is 25.7 Å². The summed E-state index contributed by atoms with van der Waals surface area (Å²) in [5.41, 5.74) is 2.30. The van der Waals surface area contributed by atoms with Gasteiger partial charge in [-0.25, -0.2) is 0 Å². The second kappa shape index (κ2) is 10.1. The number of rotatable bonds is 0. The van der Waals surface area contributed by atoms with Gasteiger partial charge in [-0.2, -0.15) is 0 Å². The largest absolute Gasteiger partial charge is 0.261 e. The maximum absolute atomic E-state index is 4.08. The molecule has 0 N–H and O–H groups in total. The third-order valence-electron chi connectivity index (χ3n) is 3.36. The molecule has 0 radical (unpaired) electrons. The van der Waals surface area contributed by atoms with E-state index in [-0.39, 0.29) is 0 Å². The van der Waals surface area contributed by atoms with Gasteiger partial charge in [0.2, 0.25) is 0 Å². The lowest BCUT2D eigenvalue weighted by Gasteiger charge is -2.22. The molecule has 1 aromatic rings. The number of hydrogen-bond donors (Lipinski definition) is 0. The van der Waals surface area contributed by atoms with Crippen LogP contribution in [0.5, 0.6) is 0 Å². The number of nitrogens with zero attached hydrogens (tertiary/aromatic N) is 1. The lowest BCUT2D eigenvalue weighted by Crippen LogP contribution is -2.08. The van der Waals surface area contributed by atoms with Crippen LogP contribution in [-0.2, 0) is 0 Å². The fourth-order valence-corrected chi connectivity index (χ4v) is 1.97. The Labute approximate surface area is 114 Å². The summed E-state index contributed by atoms with van der Waals surface area (Å²) >= 11 is 0. The Morgan fingerprint density at radius 1 is 0.889 bits per heavy atom. The highest BCUT2D eigenvalue weighted by atomic mass is 14.6. The molecular formula is C17H31N. The van der Waals surface area contributed by atoms with Gasteiger partial charge < -0.3 is 0 Å². The van der Waals surface area contributed by atoms with Crippen molar-refractivity contribution < 1.29 is 0 Å². The molecule has 0 bridgehead atoms. The van der Waals surface area contributed by atoms with Crippen LogP contribution in [0.4, 0.5) is 0 Å². The highest BCUT2D eigenvalue weighted by molar-refractivity contribution is 5.10. The molecular weight excluding hydrogens is 218 g/mol. The second-order valence-electron chi connectivity index (χ2n) is 5.34. The van der Waals surface area contributed by atoms with E-state index >= 15 is 0 Å². The highest BCUT2D eigenvalue weighted by Crippen LogP contribution is 2.27. The third-order valence-corrected chi connectivity index (χ3v) is 3.36. The molecule has 1 saturated carbocycles. The molecule has 104 valence electrons. The first-order chi connectivity index (χ1) is 8.58. The van der Waals surface area contributed by atoms with Crippen molar-refractivity contribution in [2.45, 2.75) is 67.2 Å². The Balaban J connectivity index is 0.000000283. The average Bonchev–Trinajstić information content (AvgIpc) is 2.40. The SMILES string of the molecule is CC.CC1CCC(C)CC1.Cc1ccc(C)nc1. The summed E-state index contributed by atoms with van der Waals surface area (Å²) in [6.45, 7) is 12.8. The predicted octanol–water partition coefficient (Wildman–Crippen LogP) is 5.56. The van der Waals surface area contributed by atoms with Crippen molar-refractivity contribution in [3.63, 3.8) is 0 Å². The van der Waals surface area contributed by atoms with Gasteiger partial charge in [0.1, 0.15) is 0 Å². The Bertz CT molecular complexity index is 250. The van der Waals surface area contributed by atoms with Gasteiger partial charge in [-0.15, -0.1) is 0 Å². The maximum atomic E-state index is 4.08. The van der Waals surface area contributed by atoms with E-state index in [1.54, 1.807) is 0 Å². The topological polar surface area (TPSA) is 12.9 Å². The lowest BCUT2D eigenvalue weighted by molar-refractivity contribution is 0.308. The minimum atomic E-state index is 1.02. The fourth-order valence-electron chi connectivity index (χ4n) is 1.97.